The van der Waals surface area contributed by atoms with Gasteiger partial charge in [0.2, 0.25) is 0 Å². The van der Waals surface area contributed by atoms with Crippen molar-refractivity contribution in [3.63, 3.8) is 0 Å². The van der Waals surface area contributed by atoms with E-state index in [9.17, 15) is 18.4 Å². The zero-order chi connectivity index (χ0) is 18.9. The predicted octanol–water partition coefficient (Wildman–Crippen LogP) is 6.45. The van der Waals surface area contributed by atoms with Gasteiger partial charge in [-0.15, -0.1) is 11.8 Å². The van der Waals surface area contributed by atoms with E-state index in [1.54, 1.807) is 24.3 Å². The number of rotatable bonds is 3. The molecule has 2 aromatic rings. The van der Waals surface area contributed by atoms with Crippen molar-refractivity contribution in [1.82, 2.24) is 4.98 Å². The fourth-order valence-electron chi connectivity index (χ4n) is 3.05. The summed E-state index contributed by atoms with van der Waals surface area (Å²) in [6.45, 7) is 0. The fourth-order valence-corrected chi connectivity index (χ4v) is 4.80. The molecule has 1 aromatic heterocycles. The Morgan fingerprint density at radius 3 is 2.42 bits per heavy atom. The number of benzene rings is 1. The number of alkyl halides is 3. The van der Waals surface area contributed by atoms with Crippen LogP contribution in [0.5, 0.6) is 0 Å². The molecular formula is C18H13Cl2F3N2S. The number of nitriles is 1. The fraction of sp³-hybridized carbons (Fsp3) is 0.333. The number of aryl methyl sites for hydroxylation is 1. The molecule has 1 aromatic carbocycles. The zero-order valence-electron chi connectivity index (χ0n) is 13.5. The third-order valence-electron chi connectivity index (χ3n) is 4.25. The highest BCUT2D eigenvalue weighted by Gasteiger charge is 2.39. The maximum absolute atomic E-state index is 13.7. The van der Waals surface area contributed by atoms with Crippen LogP contribution in [0.1, 0.15) is 40.8 Å². The molecular weight excluding hydrogens is 404 g/mol. The number of aromatic nitrogens is 1. The van der Waals surface area contributed by atoms with E-state index in [0.717, 1.165) is 18.2 Å². The van der Waals surface area contributed by atoms with Crippen molar-refractivity contribution in [2.24, 2.45) is 0 Å². The van der Waals surface area contributed by atoms with Gasteiger partial charge in [-0.1, -0.05) is 29.3 Å². The second kappa shape index (κ2) is 7.67. The molecule has 3 rings (SSSR count). The SMILES string of the molecule is N#Cc1c(SCc2c(Cl)cccc2Cl)nc2c(c1C(F)(F)F)CCCC2. The average Bonchev–Trinajstić information content (AvgIpc) is 2.59. The third kappa shape index (κ3) is 3.80. The van der Waals surface area contributed by atoms with Gasteiger partial charge in [-0.05, 0) is 48.9 Å². The second-order valence-corrected chi connectivity index (χ2v) is 7.68. The lowest BCUT2D eigenvalue weighted by Crippen LogP contribution is -2.19. The molecule has 0 amide bonds. The van der Waals surface area contributed by atoms with E-state index in [0.29, 0.717) is 40.6 Å². The van der Waals surface area contributed by atoms with Gasteiger partial charge in [-0.2, -0.15) is 18.4 Å². The van der Waals surface area contributed by atoms with Crippen LogP contribution >= 0.6 is 35.0 Å². The van der Waals surface area contributed by atoms with Gasteiger partial charge in [-0.25, -0.2) is 4.98 Å². The second-order valence-electron chi connectivity index (χ2n) is 5.90. The maximum atomic E-state index is 13.7. The van der Waals surface area contributed by atoms with E-state index >= 15 is 0 Å². The number of hydrogen-bond donors (Lipinski definition) is 0. The van der Waals surface area contributed by atoms with Crippen LogP contribution in [0.25, 0.3) is 0 Å². The minimum atomic E-state index is -4.59. The summed E-state index contributed by atoms with van der Waals surface area (Å²) < 4.78 is 41.0. The Labute approximate surface area is 163 Å². The standard InChI is InChI=1S/C18H13Cl2F3N2S/c19-13-5-3-6-14(20)12(13)9-26-17-11(8-24)16(18(21,22)23)10-4-1-2-7-15(10)25-17/h3,5-6H,1-2,4,7,9H2. The van der Waals surface area contributed by atoms with Gasteiger partial charge in [0.1, 0.15) is 11.1 Å². The minimum absolute atomic E-state index is 0.0801. The molecule has 0 atom stereocenters. The molecule has 0 spiro atoms. The highest BCUT2D eigenvalue weighted by Crippen LogP contribution is 2.42. The molecule has 0 saturated carbocycles. The summed E-state index contributed by atoms with van der Waals surface area (Å²) >= 11 is 13.3. The highest BCUT2D eigenvalue weighted by atomic mass is 35.5. The van der Waals surface area contributed by atoms with Gasteiger partial charge < -0.3 is 0 Å². The molecule has 0 aliphatic heterocycles. The smallest absolute Gasteiger partial charge is 0.245 e. The molecule has 0 N–H and O–H groups in total. The zero-order valence-corrected chi connectivity index (χ0v) is 15.8. The molecule has 0 saturated heterocycles. The first-order valence-corrected chi connectivity index (χ1v) is 9.65. The van der Waals surface area contributed by atoms with E-state index in [1.165, 1.54) is 0 Å². The lowest BCUT2D eigenvalue weighted by molar-refractivity contribution is -0.138. The normalized spacial score (nSPS) is 14.0. The molecule has 0 bridgehead atoms. The van der Waals surface area contributed by atoms with Crippen molar-refractivity contribution in [2.45, 2.75) is 42.6 Å². The Morgan fingerprint density at radius 2 is 1.81 bits per heavy atom. The van der Waals surface area contributed by atoms with Gasteiger partial charge in [0.25, 0.3) is 0 Å². The first-order valence-electron chi connectivity index (χ1n) is 7.91. The number of hydrogen-bond acceptors (Lipinski definition) is 3. The summed E-state index contributed by atoms with van der Waals surface area (Å²) in [5.41, 5.74) is -0.0302. The topological polar surface area (TPSA) is 36.7 Å². The molecule has 0 radical (unpaired) electrons. The van der Waals surface area contributed by atoms with Gasteiger partial charge in [0.05, 0.1) is 11.1 Å². The van der Waals surface area contributed by atoms with E-state index in [1.807, 2.05) is 0 Å². The molecule has 0 fully saturated rings. The van der Waals surface area contributed by atoms with E-state index in [2.05, 4.69) is 4.98 Å². The molecule has 136 valence electrons. The number of thioether (sulfide) groups is 1. The number of halogens is 5. The first-order chi connectivity index (χ1) is 12.3. The number of fused-ring (bicyclic) bond motifs is 1. The largest absolute Gasteiger partial charge is 0.418 e. The Balaban J connectivity index is 2.06. The van der Waals surface area contributed by atoms with Crippen molar-refractivity contribution in [3.8, 4) is 6.07 Å². The Kier molecular flexibility index (Phi) is 5.71. The monoisotopic (exact) mass is 416 g/mol. The van der Waals surface area contributed by atoms with Crippen LogP contribution in [-0.2, 0) is 24.8 Å². The lowest BCUT2D eigenvalue weighted by atomic mass is 9.90. The predicted molar refractivity (Wildman–Crippen MR) is 96.6 cm³/mol. The third-order valence-corrected chi connectivity index (χ3v) is 5.96. The number of nitrogens with zero attached hydrogens (tertiary/aromatic N) is 2. The van der Waals surface area contributed by atoms with Crippen LogP contribution in [-0.4, -0.2) is 4.98 Å². The van der Waals surface area contributed by atoms with Crippen molar-refractivity contribution in [1.29, 1.82) is 5.26 Å². The molecule has 1 aliphatic carbocycles. The van der Waals surface area contributed by atoms with Crippen LogP contribution < -0.4 is 0 Å². The minimum Gasteiger partial charge on any atom is -0.245 e. The summed E-state index contributed by atoms with van der Waals surface area (Å²) in [5, 5.41) is 10.4. The summed E-state index contributed by atoms with van der Waals surface area (Å²) in [7, 11) is 0. The van der Waals surface area contributed by atoms with Gasteiger partial charge in [0, 0.05) is 21.5 Å². The summed E-state index contributed by atoms with van der Waals surface area (Å²) in [6.07, 6.45) is -2.33. The Morgan fingerprint density at radius 1 is 1.15 bits per heavy atom. The summed E-state index contributed by atoms with van der Waals surface area (Å²) in [6, 6.07) is 6.74. The molecule has 0 unspecified atom stereocenters. The Hall–Kier alpha value is -1.42. The van der Waals surface area contributed by atoms with Crippen LogP contribution in [0.2, 0.25) is 10.0 Å². The molecule has 1 aliphatic rings. The molecule has 26 heavy (non-hydrogen) atoms. The van der Waals surface area contributed by atoms with Crippen molar-refractivity contribution in [3.05, 3.63) is 56.2 Å². The Bertz CT molecular complexity index is 871. The van der Waals surface area contributed by atoms with E-state index < -0.39 is 17.3 Å². The van der Waals surface area contributed by atoms with E-state index in [-0.39, 0.29) is 16.3 Å². The van der Waals surface area contributed by atoms with Crippen molar-refractivity contribution in [2.75, 3.05) is 0 Å². The van der Waals surface area contributed by atoms with Crippen molar-refractivity contribution < 1.29 is 13.2 Å². The van der Waals surface area contributed by atoms with Gasteiger partial charge in [0.15, 0.2) is 0 Å². The van der Waals surface area contributed by atoms with Crippen LogP contribution in [0.4, 0.5) is 13.2 Å². The van der Waals surface area contributed by atoms with Crippen LogP contribution in [0.15, 0.2) is 23.2 Å². The lowest BCUT2D eigenvalue weighted by Gasteiger charge is -2.23. The maximum Gasteiger partial charge on any atom is 0.418 e. The number of pyridine rings is 1. The summed E-state index contributed by atoms with van der Waals surface area (Å²) in [5.74, 6) is 0.232. The first kappa shape index (κ1) is 19.3. The van der Waals surface area contributed by atoms with Gasteiger partial charge in [-0.3, -0.25) is 0 Å². The molecule has 2 nitrogen and oxygen atoms in total. The molecule has 1 heterocycles. The van der Waals surface area contributed by atoms with Crippen molar-refractivity contribution >= 4 is 35.0 Å². The van der Waals surface area contributed by atoms with Gasteiger partial charge >= 0.3 is 6.18 Å². The molecule has 8 heteroatoms. The van der Waals surface area contributed by atoms with Crippen LogP contribution in [0.3, 0.4) is 0 Å². The summed E-state index contributed by atoms with van der Waals surface area (Å²) in [4.78, 5) is 4.39. The quantitative estimate of drug-likeness (QED) is 0.539. The van der Waals surface area contributed by atoms with Crippen LogP contribution in [0, 0.1) is 11.3 Å². The van der Waals surface area contributed by atoms with E-state index in [4.69, 9.17) is 23.2 Å². The average molecular weight is 417 g/mol. The highest BCUT2D eigenvalue weighted by molar-refractivity contribution is 7.98.